The summed E-state index contributed by atoms with van der Waals surface area (Å²) in [6.45, 7) is 0.705. The van der Waals surface area contributed by atoms with Gasteiger partial charge in [0.1, 0.15) is 0 Å². The van der Waals surface area contributed by atoms with Crippen LogP contribution in [0, 0.1) is 0 Å². The Kier molecular flexibility index (Phi) is 3.60. The molecule has 0 aromatic carbocycles. The fourth-order valence-electron chi connectivity index (χ4n) is 0.776. The zero-order valence-corrected chi connectivity index (χ0v) is 9.71. The summed E-state index contributed by atoms with van der Waals surface area (Å²) < 4.78 is 25.7. The van der Waals surface area contributed by atoms with E-state index in [4.69, 9.17) is 0 Å². The van der Waals surface area contributed by atoms with Crippen LogP contribution < -0.4 is 5.32 Å². The summed E-state index contributed by atoms with van der Waals surface area (Å²) in [7, 11) is 0. The van der Waals surface area contributed by atoms with E-state index in [0.29, 0.717) is 6.92 Å². The summed E-state index contributed by atoms with van der Waals surface area (Å²) in [6.07, 6.45) is 0. The Morgan fingerprint density at radius 1 is 1.71 bits per heavy atom. The van der Waals surface area contributed by atoms with Gasteiger partial charge in [0.2, 0.25) is 0 Å². The molecule has 0 bridgehead atoms. The van der Waals surface area contributed by atoms with Gasteiger partial charge in [-0.2, -0.15) is 8.78 Å². The topological polar surface area (TPSA) is 29.1 Å². The molecule has 0 fully saturated rings. The molecule has 0 aliphatic rings. The molecule has 0 unspecified atom stereocenters. The third-order valence-electron chi connectivity index (χ3n) is 1.47. The van der Waals surface area contributed by atoms with Gasteiger partial charge in [0.15, 0.2) is 0 Å². The van der Waals surface area contributed by atoms with E-state index in [9.17, 15) is 13.6 Å². The van der Waals surface area contributed by atoms with Crippen LogP contribution in [0.3, 0.4) is 0 Å². The molecule has 0 spiro atoms. The van der Waals surface area contributed by atoms with Gasteiger partial charge in [0.25, 0.3) is 5.91 Å². The summed E-state index contributed by atoms with van der Waals surface area (Å²) >= 11 is 4.68. The molecule has 6 heteroatoms. The first-order valence-corrected chi connectivity index (χ1v) is 5.46. The predicted octanol–water partition coefficient (Wildman–Crippen LogP) is 2.78. The molecule has 0 aliphatic heterocycles. The fraction of sp³-hybridized carbons (Fsp3) is 0.375. The van der Waals surface area contributed by atoms with Gasteiger partial charge in [-0.3, -0.25) is 4.79 Å². The number of carbonyl (C=O) groups excluding carboxylic acids is 1. The highest BCUT2D eigenvalue weighted by Crippen LogP contribution is 2.20. The van der Waals surface area contributed by atoms with Gasteiger partial charge >= 0.3 is 5.92 Å². The van der Waals surface area contributed by atoms with Crippen molar-refractivity contribution < 1.29 is 13.6 Å². The number of alkyl halides is 2. The molecule has 0 saturated carbocycles. The van der Waals surface area contributed by atoms with Crippen LogP contribution in [-0.2, 0) is 11.3 Å². The third kappa shape index (κ3) is 3.34. The highest BCUT2D eigenvalue weighted by molar-refractivity contribution is 9.11. The van der Waals surface area contributed by atoms with Crippen molar-refractivity contribution in [2.45, 2.75) is 19.4 Å². The summed E-state index contributed by atoms with van der Waals surface area (Å²) in [6, 6.07) is 1.78. The van der Waals surface area contributed by atoms with E-state index in [1.54, 1.807) is 11.4 Å². The fourth-order valence-corrected chi connectivity index (χ4v) is 1.99. The van der Waals surface area contributed by atoms with E-state index in [1.807, 2.05) is 0 Å². The van der Waals surface area contributed by atoms with Crippen molar-refractivity contribution in [2.24, 2.45) is 0 Å². The van der Waals surface area contributed by atoms with Crippen LogP contribution in [0.5, 0.6) is 0 Å². The maximum absolute atomic E-state index is 12.4. The zero-order valence-electron chi connectivity index (χ0n) is 7.31. The first kappa shape index (κ1) is 11.6. The Morgan fingerprint density at radius 3 is 2.79 bits per heavy atom. The highest BCUT2D eigenvalue weighted by Gasteiger charge is 2.31. The van der Waals surface area contributed by atoms with Crippen LogP contribution >= 0.6 is 27.3 Å². The molecule has 1 N–H and O–H groups in total. The minimum atomic E-state index is -3.31. The number of nitrogens with one attached hydrogen (secondary N) is 1. The van der Waals surface area contributed by atoms with Crippen LogP contribution in [0.1, 0.15) is 12.5 Å². The second-order valence-corrected chi connectivity index (χ2v) is 5.12. The molecule has 1 aromatic rings. The zero-order chi connectivity index (χ0) is 10.8. The lowest BCUT2D eigenvalue weighted by Crippen LogP contribution is -2.37. The molecular weight excluding hydrogens is 276 g/mol. The average molecular weight is 284 g/mol. The largest absolute Gasteiger partial charge is 0.347 e. The predicted molar refractivity (Wildman–Crippen MR) is 54.5 cm³/mol. The number of carbonyl (C=O) groups is 1. The molecule has 1 aromatic heterocycles. The molecular formula is C8H8BrF2NOS. The second kappa shape index (κ2) is 4.35. The van der Waals surface area contributed by atoms with Crippen molar-refractivity contribution in [2.75, 3.05) is 0 Å². The summed E-state index contributed by atoms with van der Waals surface area (Å²) in [5.41, 5.74) is 0.805. The minimum absolute atomic E-state index is 0.129. The van der Waals surface area contributed by atoms with Gasteiger partial charge in [-0.05, 0) is 32.9 Å². The first-order chi connectivity index (χ1) is 6.39. The van der Waals surface area contributed by atoms with Crippen molar-refractivity contribution >= 4 is 33.2 Å². The summed E-state index contributed by atoms with van der Waals surface area (Å²) in [4.78, 5) is 10.8. The third-order valence-corrected chi connectivity index (χ3v) is 3.03. The van der Waals surface area contributed by atoms with Gasteiger partial charge in [0, 0.05) is 13.5 Å². The molecule has 1 rings (SSSR count). The van der Waals surface area contributed by atoms with Crippen LogP contribution in [0.2, 0.25) is 0 Å². The Labute approximate surface area is 92.4 Å². The summed E-state index contributed by atoms with van der Waals surface area (Å²) in [5.74, 6) is -4.56. The van der Waals surface area contributed by atoms with Crippen LogP contribution in [0.15, 0.2) is 15.2 Å². The van der Waals surface area contributed by atoms with Crippen molar-refractivity contribution in [1.29, 1.82) is 0 Å². The maximum Gasteiger partial charge on any atom is 0.321 e. The normalized spacial score (nSPS) is 11.4. The SMILES string of the molecule is CC(F)(F)C(=O)NCc1csc(Br)c1. The highest BCUT2D eigenvalue weighted by atomic mass is 79.9. The number of rotatable bonds is 3. The van der Waals surface area contributed by atoms with Gasteiger partial charge < -0.3 is 5.32 Å². The maximum atomic E-state index is 12.4. The lowest BCUT2D eigenvalue weighted by atomic mass is 10.3. The van der Waals surface area contributed by atoms with Crippen LogP contribution in [-0.4, -0.2) is 11.8 Å². The first-order valence-electron chi connectivity index (χ1n) is 3.78. The van der Waals surface area contributed by atoms with Crippen molar-refractivity contribution in [3.63, 3.8) is 0 Å². The standard InChI is InChI=1S/C8H8BrF2NOS/c1-8(10,11)7(13)12-3-5-2-6(9)14-4-5/h2,4H,3H2,1H3,(H,12,13). The van der Waals surface area contributed by atoms with Gasteiger partial charge in [-0.15, -0.1) is 11.3 Å². The quantitative estimate of drug-likeness (QED) is 0.908. The molecule has 0 radical (unpaired) electrons. The number of hydrogen-bond donors (Lipinski definition) is 1. The monoisotopic (exact) mass is 283 g/mol. The lowest BCUT2D eigenvalue weighted by molar-refractivity contribution is -0.143. The number of thiophene rings is 1. The number of halogens is 3. The van der Waals surface area contributed by atoms with E-state index in [-0.39, 0.29) is 6.54 Å². The smallest absolute Gasteiger partial charge is 0.321 e. The molecule has 1 heterocycles. The molecule has 0 aliphatic carbocycles. The van der Waals surface area contributed by atoms with E-state index in [1.165, 1.54) is 11.3 Å². The molecule has 2 nitrogen and oxygen atoms in total. The summed E-state index contributed by atoms with van der Waals surface area (Å²) in [5, 5.41) is 3.94. The van der Waals surface area contributed by atoms with E-state index < -0.39 is 11.8 Å². The van der Waals surface area contributed by atoms with E-state index >= 15 is 0 Å². The van der Waals surface area contributed by atoms with Crippen molar-refractivity contribution in [3.8, 4) is 0 Å². The van der Waals surface area contributed by atoms with Gasteiger partial charge in [-0.1, -0.05) is 0 Å². The minimum Gasteiger partial charge on any atom is -0.347 e. The van der Waals surface area contributed by atoms with E-state index in [0.717, 1.165) is 9.35 Å². The molecule has 0 atom stereocenters. The Hall–Kier alpha value is -0.490. The van der Waals surface area contributed by atoms with Crippen molar-refractivity contribution in [1.82, 2.24) is 5.32 Å². The second-order valence-electron chi connectivity index (χ2n) is 2.83. The molecule has 0 saturated heterocycles. The van der Waals surface area contributed by atoms with Crippen molar-refractivity contribution in [3.05, 3.63) is 20.8 Å². The van der Waals surface area contributed by atoms with E-state index in [2.05, 4.69) is 21.2 Å². The molecule has 78 valence electrons. The Bertz CT molecular complexity index is 334. The molecule has 1 amide bonds. The Morgan fingerprint density at radius 2 is 2.36 bits per heavy atom. The van der Waals surface area contributed by atoms with Gasteiger partial charge in [0.05, 0.1) is 3.79 Å². The Balaban J connectivity index is 2.46. The number of amides is 1. The number of hydrogen-bond acceptors (Lipinski definition) is 2. The average Bonchev–Trinajstić information content (AvgIpc) is 2.45. The van der Waals surface area contributed by atoms with Crippen LogP contribution in [0.4, 0.5) is 8.78 Å². The lowest BCUT2D eigenvalue weighted by Gasteiger charge is -2.09. The molecule has 14 heavy (non-hydrogen) atoms. The van der Waals surface area contributed by atoms with Crippen LogP contribution in [0.25, 0.3) is 0 Å². The van der Waals surface area contributed by atoms with Gasteiger partial charge in [-0.25, -0.2) is 0 Å².